The number of hydrogen-bond donors (Lipinski definition) is 1. The molecule has 1 unspecified atom stereocenters. The van der Waals surface area contributed by atoms with Crippen molar-refractivity contribution >= 4 is 11.3 Å². The number of hydrogen-bond acceptors (Lipinski definition) is 3. The highest BCUT2D eigenvalue weighted by molar-refractivity contribution is 7.13. The van der Waals surface area contributed by atoms with Gasteiger partial charge in [-0.25, -0.2) is 4.98 Å². The Bertz CT molecular complexity index is 420. The minimum Gasteiger partial charge on any atom is -0.393 e. The van der Waals surface area contributed by atoms with Crippen molar-refractivity contribution in [2.24, 2.45) is 0 Å². The molecule has 0 saturated carbocycles. The van der Waals surface area contributed by atoms with Gasteiger partial charge in [0.2, 0.25) is 0 Å². The molecule has 1 atom stereocenters. The Kier molecular flexibility index (Phi) is 3.74. The molecule has 3 nitrogen and oxygen atoms in total. The number of aromatic nitrogens is 2. The first-order valence-corrected chi connectivity index (χ1v) is 6.38. The van der Waals surface area contributed by atoms with Crippen LogP contribution >= 0.6 is 11.3 Å². The zero-order valence-corrected chi connectivity index (χ0v) is 10.2. The minimum absolute atomic E-state index is 0.214. The summed E-state index contributed by atoms with van der Waals surface area (Å²) < 4.78 is 2.15. The maximum Gasteiger partial charge on any atom is 0.149 e. The van der Waals surface area contributed by atoms with E-state index in [9.17, 15) is 5.11 Å². The number of aliphatic hydroxyl groups is 1. The summed E-state index contributed by atoms with van der Waals surface area (Å²) in [4.78, 5) is 5.56. The highest BCUT2D eigenvalue weighted by Gasteiger charge is 2.06. The SMILES string of the molecule is CC(O)CCCn1ccnc1-c1cccs1. The van der Waals surface area contributed by atoms with Gasteiger partial charge in [-0.05, 0) is 31.2 Å². The van der Waals surface area contributed by atoms with Crippen LogP contribution in [0.4, 0.5) is 0 Å². The van der Waals surface area contributed by atoms with E-state index in [2.05, 4.69) is 21.0 Å². The number of aliphatic hydroxyl groups excluding tert-OH is 1. The van der Waals surface area contributed by atoms with Crippen LogP contribution < -0.4 is 0 Å². The molecule has 4 heteroatoms. The number of rotatable bonds is 5. The van der Waals surface area contributed by atoms with Gasteiger partial charge in [0.15, 0.2) is 0 Å². The van der Waals surface area contributed by atoms with Crippen molar-refractivity contribution in [3.63, 3.8) is 0 Å². The maximum absolute atomic E-state index is 9.21. The van der Waals surface area contributed by atoms with Crippen LogP contribution in [0.1, 0.15) is 19.8 Å². The van der Waals surface area contributed by atoms with Crippen LogP contribution in [-0.2, 0) is 6.54 Å². The topological polar surface area (TPSA) is 38.0 Å². The van der Waals surface area contributed by atoms with Gasteiger partial charge in [-0.2, -0.15) is 0 Å². The zero-order chi connectivity index (χ0) is 11.4. The van der Waals surface area contributed by atoms with Crippen molar-refractivity contribution in [3.8, 4) is 10.7 Å². The first kappa shape index (κ1) is 11.4. The standard InChI is InChI=1S/C12H16N2OS/c1-10(15)4-2-7-14-8-6-13-12(14)11-5-3-9-16-11/h3,5-6,8-10,15H,2,4,7H2,1H3. The Morgan fingerprint density at radius 3 is 3.12 bits per heavy atom. The molecule has 0 saturated heterocycles. The molecule has 86 valence electrons. The third-order valence-electron chi connectivity index (χ3n) is 2.48. The summed E-state index contributed by atoms with van der Waals surface area (Å²) in [6.07, 6.45) is 5.43. The predicted octanol–water partition coefficient (Wildman–Crippen LogP) is 2.77. The zero-order valence-electron chi connectivity index (χ0n) is 9.34. The van der Waals surface area contributed by atoms with Gasteiger partial charge in [0.05, 0.1) is 11.0 Å². The highest BCUT2D eigenvalue weighted by Crippen LogP contribution is 2.23. The number of imidazole rings is 1. The lowest BCUT2D eigenvalue weighted by Crippen LogP contribution is -2.04. The lowest BCUT2D eigenvalue weighted by Gasteiger charge is -2.07. The first-order valence-electron chi connectivity index (χ1n) is 5.50. The molecular weight excluding hydrogens is 220 g/mol. The second-order valence-corrected chi connectivity index (χ2v) is 4.86. The lowest BCUT2D eigenvalue weighted by molar-refractivity contribution is 0.179. The Balaban J connectivity index is 2.03. The Labute approximate surface area is 99.4 Å². The van der Waals surface area contributed by atoms with Crippen LogP contribution in [0.2, 0.25) is 0 Å². The molecule has 0 aliphatic rings. The molecule has 2 heterocycles. The Hall–Kier alpha value is -1.13. The molecule has 0 aliphatic heterocycles. The smallest absolute Gasteiger partial charge is 0.149 e. The fourth-order valence-electron chi connectivity index (χ4n) is 1.68. The molecular formula is C12H16N2OS. The molecule has 2 rings (SSSR count). The van der Waals surface area contributed by atoms with E-state index in [1.54, 1.807) is 11.3 Å². The summed E-state index contributed by atoms with van der Waals surface area (Å²) in [7, 11) is 0. The van der Waals surface area contributed by atoms with E-state index in [1.807, 2.05) is 25.4 Å². The van der Waals surface area contributed by atoms with Crippen molar-refractivity contribution in [3.05, 3.63) is 29.9 Å². The van der Waals surface area contributed by atoms with E-state index in [0.29, 0.717) is 0 Å². The molecule has 0 radical (unpaired) electrons. The van der Waals surface area contributed by atoms with E-state index in [-0.39, 0.29) is 6.10 Å². The summed E-state index contributed by atoms with van der Waals surface area (Å²) in [6.45, 7) is 2.74. The molecule has 0 aliphatic carbocycles. The van der Waals surface area contributed by atoms with Gasteiger partial charge >= 0.3 is 0 Å². The normalized spacial score (nSPS) is 12.9. The molecule has 0 amide bonds. The summed E-state index contributed by atoms with van der Waals surface area (Å²) in [5.41, 5.74) is 0. The number of thiophene rings is 1. The summed E-state index contributed by atoms with van der Waals surface area (Å²) in [6, 6.07) is 4.12. The molecule has 0 fully saturated rings. The number of aryl methyl sites for hydroxylation is 1. The van der Waals surface area contributed by atoms with Crippen molar-refractivity contribution < 1.29 is 5.11 Å². The van der Waals surface area contributed by atoms with E-state index in [0.717, 1.165) is 25.2 Å². The van der Waals surface area contributed by atoms with Crippen molar-refractivity contribution in [1.29, 1.82) is 0 Å². The first-order chi connectivity index (χ1) is 7.77. The quantitative estimate of drug-likeness (QED) is 0.867. The molecule has 0 aromatic carbocycles. The minimum atomic E-state index is -0.214. The summed E-state index contributed by atoms with van der Waals surface area (Å²) in [5.74, 6) is 1.03. The van der Waals surface area contributed by atoms with E-state index in [1.165, 1.54) is 4.88 Å². The Morgan fingerprint density at radius 1 is 1.56 bits per heavy atom. The molecule has 1 N–H and O–H groups in total. The highest BCUT2D eigenvalue weighted by atomic mass is 32.1. The van der Waals surface area contributed by atoms with Crippen LogP contribution in [0.3, 0.4) is 0 Å². The van der Waals surface area contributed by atoms with Crippen molar-refractivity contribution in [2.75, 3.05) is 0 Å². The van der Waals surface area contributed by atoms with Gasteiger partial charge in [0.25, 0.3) is 0 Å². The van der Waals surface area contributed by atoms with Crippen LogP contribution in [0.25, 0.3) is 10.7 Å². The van der Waals surface area contributed by atoms with Gasteiger partial charge < -0.3 is 9.67 Å². The molecule has 16 heavy (non-hydrogen) atoms. The van der Waals surface area contributed by atoms with E-state index in [4.69, 9.17) is 0 Å². The molecule has 2 aromatic heterocycles. The van der Waals surface area contributed by atoms with Crippen molar-refractivity contribution in [2.45, 2.75) is 32.4 Å². The van der Waals surface area contributed by atoms with E-state index < -0.39 is 0 Å². The van der Waals surface area contributed by atoms with E-state index >= 15 is 0 Å². The van der Waals surface area contributed by atoms with Gasteiger partial charge in [0, 0.05) is 18.9 Å². The Morgan fingerprint density at radius 2 is 2.44 bits per heavy atom. The van der Waals surface area contributed by atoms with Gasteiger partial charge in [0.1, 0.15) is 5.82 Å². The molecule has 0 bridgehead atoms. The predicted molar refractivity (Wildman–Crippen MR) is 66.5 cm³/mol. The van der Waals surface area contributed by atoms with Crippen LogP contribution in [-0.4, -0.2) is 20.8 Å². The molecule has 2 aromatic rings. The molecule has 0 spiro atoms. The fraction of sp³-hybridized carbons (Fsp3) is 0.417. The van der Waals surface area contributed by atoms with Gasteiger partial charge in [-0.1, -0.05) is 6.07 Å². The summed E-state index contributed by atoms with van der Waals surface area (Å²) in [5, 5.41) is 11.3. The third kappa shape index (κ3) is 2.71. The van der Waals surface area contributed by atoms with Crippen molar-refractivity contribution in [1.82, 2.24) is 9.55 Å². The van der Waals surface area contributed by atoms with Crippen LogP contribution in [0, 0.1) is 0 Å². The second kappa shape index (κ2) is 5.27. The average molecular weight is 236 g/mol. The van der Waals surface area contributed by atoms with Gasteiger partial charge in [-0.15, -0.1) is 11.3 Å². The average Bonchev–Trinajstić information content (AvgIpc) is 2.84. The van der Waals surface area contributed by atoms with Crippen LogP contribution in [0.5, 0.6) is 0 Å². The number of nitrogens with zero attached hydrogens (tertiary/aromatic N) is 2. The summed E-state index contributed by atoms with van der Waals surface area (Å²) >= 11 is 1.70. The van der Waals surface area contributed by atoms with Gasteiger partial charge in [-0.3, -0.25) is 0 Å². The largest absolute Gasteiger partial charge is 0.393 e. The fourth-order valence-corrected chi connectivity index (χ4v) is 2.41. The van der Waals surface area contributed by atoms with Crippen LogP contribution in [0.15, 0.2) is 29.9 Å². The third-order valence-corrected chi connectivity index (χ3v) is 3.34. The maximum atomic E-state index is 9.21. The lowest BCUT2D eigenvalue weighted by atomic mass is 10.2. The second-order valence-electron chi connectivity index (χ2n) is 3.91. The monoisotopic (exact) mass is 236 g/mol.